The van der Waals surface area contributed by atoms with Gasteiger partial charge < -0.3 is 4.90 Å². The number of anilines is 1. The fourth-order valence-corrected chi connectivity index (χ4v) is 4.07. The van der Waals surface area contributed by atoms with Crippen LogP contribution in [0.2, 0.25) is 0 Å². The summed E-state index contributed by atoms with van der Waals surface area (Å²) in [6.07, 6.45) is 0. The van der Waals surface area contributed by atoms with Gasteiger partial charge in [-0.2, -0.15) is 4.68 Å². The van der Waals surface area contributed by atoms with Gasteiger partial charge in [-0.15, -0.1) is 5.10 Å². The highest BCUT2D eigenvalue weighted by Crippen LogP contribution is 2.24. The Morgan fingerprint density at radius 2 is 1.74 bits per heavy atom. The van der Waals surface area contributed by atoms with E-state index in [1.165, 1.54) is 11.8 Å². The van der Waals surface area contributed by atoms with E-state index in [1.807, 2.05) is 97.6 Å². The van der Waals surface area contributed by atoms with Gasteiger partial charge in [0.1, 0.15) is 0 Å². The Balaban J connectivity index is 1.55. The van der Waals surface area contributed by atoms with Crippen LogP contribution in [0.3, 0.4) is 0 Å². The Morgan fingerprint density at radius 1 is 0.968 bits per heavy atom. The van der Waals surface area contributed by atoms with Crippen LogP contribution in [0.5, 0.6) is 0 Å². The molecule has 0 bridgehead atoms. The summed E-state index contributed by atoms with van der Waals surface area (Å²) >= 11 is 1.34. The summed E-state index contributed by atoms with van der Waals surface area (Å²) in [5.74, 6) is 0.228. The third-order valence-corrected chi connectivity index (χ3v) is 5.81. The fraction of sp³-hybridized carbons (Fsp3) is 0.167. The molecule has 0 spiro atoms. The van der Waals surface area contributed by atoms with Crippen molar-refractivity contribution in [3.63, 3.8) is 0 Å². The number of thioether (sulfide) groups is 1. The molecule has 6 nitrogen and oxygen atoms in total. The molecule has 0 aliphatic rings. The number of carbonyl (C=O) groups excluding carboxylic acids is 1. The SMILES string of the molecule is Cc1cccc(N(Cc2ccccc2)C(=O)CSc2nnnn2-c2ccccc2C)c1. The lowest BCUT2D eigenvalue weighted by molar-refractivity contribution is -0.116. The van der Waals surface area contributed by atoms with E-state index in [-0.39, 0.29) is 11.7 Å². The zero-order valence-corrected chi connectivity index (χ0v) is 18.3. The normalized spacial score (nSPS) is 10.8. The van der Waals surface area contributed by atoms with Crippen molar-refractivity contribution < 1.29 is 4.79 Å². The summed E-state index contributed by atoms with van der Waals surface area (Å²) in [4.78, 5) is 15.1. The Hall–Kier alpha value is -3.45. The average Bonchev–Trinajstić information content (AvgIpc) is 3.25. The number of benzene rings is 3. The molecule has 4 aromatic rings. The van der Waals surface area contributed by atoms with Gasteiger partial charge in [0.25, 0.3) is 0 Å². The van der Waals surface area contributed by atoms with Gasteiger partial charge in [0.15, 0.2) is 0 Å². The molecule has 7 heteroatoms. The molecule has 0 atom stereocenters. The van der Waals surface area contributed by atoms with Gasteiger partial charge >= 0.3 is 0 Å². The van der Waals surface area contributed by atoms with Crippen LogP contribution >= 0.6 is 11.8 Å². The van der Waals surface area contributed by atoms with Crippen LogP contribution in [0.15, 0.2) is 84.0 Å². The Morgan fingerprint density at radius 3 is 2.52 bits per heavy atom. The number of aryl methyl sites for hydroxylation is 2. The molecule has 1 aromatic heterocycles. The molecule has 1 amide bonds. The standard InChI is InChI=1S/C24H23N5OS/c1-18-9-8-13-21(15-18)28(16-20-11-4-3-5-12-20)23(30)17-31-24-25-26-27-29(24)22-14-7-6-10-19(22)2/h3-15H,16-17H2,1-2H3. The first-order valence-corrected chi connectivity index (χ1v) is 11.0. The topological polar surface area (TPSA) is 63.9 Å². The van der Waals surface area contributed by atoms with Crippen LogP contribution in [0, 0.1) is 13.8 Å². The van der Waals surface area contributed by atoms with Crippen LogP contribution in [-0.2, 0) is 11.3 Å². The summed E-state index contributed by atoms with van der Waals surface area (Å²) < 4.78 is 1.68. The minimum Gasteiger partial charge on any atom is -0.307 e. The first-order valence-electron chi connectivity index (χ1n) is 10.00. The zero-order valence-electron chi connectivity index (χ0n) is 17.5. The van der Waals surface area contributed by atoms with E-state index in [1.54, 1.807) is 4.68 Å². The second-order valence-electron chi connectivity index (χ2n) is 7.25. The van der Waals surface area contributed by atoms with E-state index in [0.717, 1.165) is 28.1 Å². The summed E-state index contributed by atoms with van der Waals surface area (Å²) in [6.45, 7) is 4.54. The summed E-state index contributed by atoms with van der Waals surface area (Å²) in [7, 11) is 0. The van der Waals surface area contributed by atoms with Crippen molar-refractivity contribution in [3.8, 4) is 5.69 Å². The molecule has 156 valence electrons. The van der Waals surface area contributed by atoms with Crippen LogP contribution in [-0.4, -0.2) is 31.9 Å². The summed E-state index contributed by atoms with van der Waals surface area (Å²) in [6, 6.07) is 25.9. The number of para-hydroxylation sites is 1. The molecule has 0 saturated heterocycles. The van der Waals surface area contributed by atoms with Crippen LogP contribution in [0.4, 0.5) is 5.69 Å². The lowest BCUT2D eigenvalue weighted by atomic mass is 10.1. The van der Waals surface area contributed by atoms with Crippen molar-refractivity contribution >= 4 is 23.4 Å². The van der Waals surface area contributed by atoms with Crippen molar-refractivity contribution in [2.24, 2.45) is 0 Å². The molecule has 31 heavy (non-hydrogen) atoms. The number of rotatable bonds is 7. The molecule has 3 aromatic carbocycles. The van der Waals surface area contributed by atoms with Crippen molar-refractivity contribution in [2.45, 2.75) is 25.5 Å². The smallest absolute Gasteiger partial charge is 0.237 e. The third kappa shape index (κ3) is 5.00. The van der Waals surface area contributed by atoms with Gasteiger partial charge in [-0.3, -0.25) is 4.79 Å². The van der Waals surface area contributed by atoms with Crippen LogP contribution < -0.4 is 4.90 Å². The van der Waals surface area contributed by atoms with E-state index >= 15 is 0 Å². The average molecular weight is 430 g/mol. The molecule has 0 unspecified atom stereocenters. The predicted molar refractivity (Wildman–Crippen MR) is 123 cm³/mol. The first kappa shape index (κ1) is 20.8. The maximum atomic E-state index is 13.3. The molecule has 0 fully saturated rings. The first-order chi connectivity index (χ1) is 15.1. The van der Waals surface area contributed by atoms with Gasteiger partial charge in [-0.25, -0.2) is 0 Å². The van der Waals surface area contributed by atoms with E-state index in [9.17, 15) is 4.79 Å². The molecular formula is C24H23N5OS. The number of amides is 1. The van der Waals surface area contributed by atoms with E-state index in [2.05, 4.69) is 15.5 Å². The highest BCUT2D eigenvalue weighted by Gasteiger charge is 2.19. The van der Waals surface area contributed by atoms with Gasteiger partial charge in [0.05, 0.1) is 18.0 Å². The van der Waals surface area contributed by atoms with Gasteiger partial charge in [0, 0.05) is 5.69 Å². The van der Waals surface area contributed by atoms with Crippen molar-refractivity contribution in [2.75, 3.05) is 10.7 Å². The molecule has 0 radical (unpaired) electrons. The fourth-order valence-electron chi connectivity index (χ4n) is 3.31. The highest BCUT2D eigenvalue weighted by atomic mass is 32.2. The largest absolute Gasteiger partial charge is 0.307 e. The van der Waals surface area contributed by atoms with Gasteiger partial charge in [-0.05, 0) is 59.2 Å². The lowest BCUT2D eigenvalue weighted by Crippen LogP contribution is -2.32. The number of hydrogen-bond donors (Lipinski definition) is 0. The van der Waals surface area contributed by atoms with Crippen molar-refractivity contribution in [1.29, 1.82) is 0 Å². The number of carbonyl (C=O) groups is 1. The maximum Gasteiger partial charge on any atom is 0.237 e. The van der Waals surface area contributed by atoms with Crippen LogP contribution in [0.25, 0.3) is 5.69 Å². The summed E-state index contributed by atoms with van der Waals surface area (Å²) in [5, 5.41) is 12.7. The van der Waals surface area contributed by atoms with E-state index in [0.29, 0.717) is 11.7 Å². The Bertz CT molecular complexity index is 1180. The Kier molecular flexibility index (Phi) is 6.43. The summed E-state index contributed by atoms with van der Waals surface area (Å²) in [5.41, 5.74) is 5.04. The number of aromatic nitrogens is 4. The minimum atomic E-state index is -0.00112. The lowest BCUT2D eigenvalue weighted by Gasteiger charge is -2.23. The Labute approximate surface area is 185 Å². The minimum absolute atomic E-state index is 0.00112. The molecule has 0 aliphatic carbocycles. The zero-order chi connectivity index (χ0) is 21.6. The molecule has 4 rings (SSSR count). The highest BCUT2D eigenvalue weighted by molar-refractivity contribution is 7.99. The molecular weight excluding hydrogens is 406 g/mol. The quantitative estimate of drug-likeness (QED) is 0.402. The van der Waals surface area contributed by atoms with Crippen molar-refractivity contribution in [3.05, 3.63) is 95.6 Å². The molecule has 0 saturated carbocycles. The maximum absolute atomic E-state index is 13.3. The second kappa shape index (κ2) is 9.57. The molecule has 0 aliphatic heterocycles. The van der Waals surface area contributed by atoms with Gasteiger partial charge in [-0.1, -0.05) is 72.4 Å². The van der Waals surface area contributed by atoms with Crippen molar-refractivity contribution in [1.82, 2.24) is 20.2 Å². The van der Waals surface area contributed by atoms with Gasteiger partial charge in [0.2, 0.25) is 11.1 Å². The molecule has 0 N–H and O–H groups in total. The number of hydrogen-bond acceptors (Lipinski definition) is 5. The third-order valence-electron chi connectivity index (χ3n) is 4.91. The van der Waals surface area contributed by atoms with E-state index < -0.39 is 0 Å². The molecule has 1 heterocycles. The van der Waals surface area contributed by atoms with Crippen LogP contribution in [0.1, 0.15) is 16.7 Å². The number of tetrazole rings is 1. The second-order valence-corrected chi connectivity index (χ2v) is 8.20. The monoisotopic (exact) mass is 429 g/mol. The predicted octanol–water partition coefficient (Wildman–Crippen LogP) is 4.60. The number of nitrogens with zero attached hydrogens (tertiary/aromatic N) is 5. The van der Waals surface area contributed by atoms with E-state index in [4.69, 9.17) is 0 Å².